The number of rotatable bonds is 5. The lowest BCUT2D eigenvalue weighted by molar-refractivity contribution is -0.291. The molecule has 3 aliphatic carbocycles. The molecule has 34 heavy (non-hydrogen) atoms. The van der Waals surface area contributed by atoms with E-state index in [1.165, 1.54) is 16.7 Å². The van der Waals surface area contributed by atoms with E-state index in [-0.39, 0.29) is 29.1 Å². The number of carbonyl (C=O) groups excluding carboxylic acids is 1. The minimum absolute atomic E-state index is 0.0977. The fourth-order valence-electron chi connectivity index (χ4n) is 6.43. The Morgan fingerprint density at radius 2 is 1.76 bits per heavy atom. The average molecular weight is 475 g/mol. The highest BCUT2D eigenvalue weighted by molar-refractivity contribution is 5.97. The minimum Gasteiger partial charge on any atom is -0.388 e. The molecule has 0 amide bonds. The summed E-state index contributed by atoms with van der Waals surface area (Å²) >= 11 is 0. The third kappa shape index (κ3) is 4.26. The predicted octanol–water partition coefficient (Wildman–Crippen LogP) is 3.85. The van der Waals surface area contributed by atoms with Crippen LogP contribution in [0.5, 0.6) is 0 Å². The second kappa shape index (κ2) is 9.29. The molecule has 2 fully saturated rings. The first-order valence-corrected chi connectivity index (χ1v) is 12.9. The van der Waals surface area contributed by atoms with Gasteiger partial charge in [-0.1, -0.05) is 59.3 Å². The Hall–Kier alpha value is -1.31. The highest BCUT2D eigenvalue weighted by Gasteiger charge is 2.53. The largest absolute Gasteiger partial charge is 0.388 e. The van der Waals surface area contributed by atoms with Crippen molar-refractivity contribution in [3.8, 4) is 0 Å². The van der Waals surface area contributed by atoms with E-state index in [0.29, 0.717) is 12.3 Å². The van der Waals surface area contributed by atoms with E-state index >= 15 is 0 Å². The van der Waals surface area contributed by atoms with Crippen molar-refractivity contribution in [2.75, 3.05) is 6.61 Å². The summed E-state index contributed by atoms with van der Waals surface area (Å²) in [5, 5.41) is 30.7. The number of ketones is 1. The third-order valence-corrected chi connectivity index (χ3v) is 8.81. The molecule has 4 rings (SSSR count). The van der Waals surface area contributed by atoms with Gasteiger partial charge in [-0.3, -0.25) is 4.79 Å². The first-order valence-electron chi connectivity index (χ1n) is 12.9. The van der Waals surface area contributed by atoms with Gasteiger partial charge in [0.2, 0.25) is 0 Å². The predicted molar refractivity (Wildman–Crippen MR) is 130 cm³/mol. The van der Waals surface area contributed by atoms with Crippen LogP contribution in [0.3, 0.4) is 0 Å². The maximum absolute atomic E-state index is 13.1. The summed E-state index contributed by atoms with van der Waals surface area (Å²) in [6, 6.07) is 0. The van der Waals surface area contributed by atoms with Gasteiger partial charge in [0.15, 0.2) is 12.1 Å². The molecule has 0 aromatic carbocycles. The first-order chi connectivity index (χ1) is 15.9. The lowest BCUT2D eigenvalue weighted by Gasteiger charge is -2.50. The number of aliphatic hydroxyl groups excluding tert-OH is 3. The van der Waals surface area contributed by atoms with Crippen LogP contribution in [0.15, 0.2) is 34.4 Å². The fourth-order valence-corrected chi connectivity index (χ4v) is 6.43. The van der Waals surface area contributed by atoms with Crippen LogP contribution < -0.4 is 0 Å². The summed E-state index contributed by atoms with van der Waals surface area (Å²) in [6.45, 7) is 12.8. The van der Waals surface area contributed by atoms with Crippen molar-refractivity contribution < 1.29 is 29.6 Å². The van der Waals surface area contributed by atoms with Gasteiger partial charge >= 0.3 is 0 Å². The Kier molecular flexibility index (Phi) is 7.04. The number of hydrogen-bond acceptors (Lipinski definition) is 6. The number of fused-ring (bicyclic) bond motifs is 3. The third-order valence-electron chi connectivity index (χ3n) is 8.81. The van der Waals surface area contributed by atoms with Crippen molar-refractivity contribution in [3.63, 3.8) is 0 Å². The zero-order valence-corrected chi connectivity index (χ0v) is 21.5. The minimum atomic E-state index is -1.36. The van der Waals surface area contributed by atoms with Gasteiger partial charge < -0.3 is 24.8 Å². The quantitative estimate of drug-likeness (QED) is 0.560. The van der Waals surface area contributed by atoms with Gasteiger partial charge in [0.25, 0.3) is 0 Å². The molecule has 1 heterocycles. The van der Waals surface area contributed by atoms with Crippen molar-refractivity contribution in [2.45, 2.75) is 104 Å². The van der Waals surface area contributed by atoms with Gasteiger partial charge in [-0.15, -0.1) is 0 Å². The first kappa shape index (κ1) is 25.8. The smallest absolute Gasteiger partial charge is 0.186 e. The summed E-state index contributed by atoms with van der Waals surface area (Å²) in [7, 11) is 0. The van der Waals surface area contributed by atoms with Crippen LogP contribution in [-0.2, 0) is 14.3 Å². The van der Waals surface area contributed by atoms with Gasteiger partial charge in [0.05, 0.1) is 12.7 Å². The summed E-state index contributed by atoms with van der Waals surface area (Å²) in [4.78, 5) is 13.1. The molecular weight excluding hydrogens is 432 g/mol. The van der Waals surface area contributed by atoms with Crippen molar-refractivity contribution in [2.24, 2.45) is 22.7 Å². The lowest BCUT2D eigenvalue weighted by Crippen LogP contribution is -2.56. The van der Waals surface area contributed by atoms with Gasteiger partial charge in [-0.05, 0) is 53.7 Å². The van der Waals surface area contributed by atoms with Crippen molar-refractivity contribution in [1.82, 2.24) is 0 Å². The summed E-state index contributed by atoms with van der Waals surface area (Å²) in [6.07, 6.45) is 3.43. The molecule has 6 heteroatoms. The number of ether oxygens (including phenoxy) is 2. The Labute approximate surface area is 203 Å². The Morgan fingerprint density at radius 3 is 2.41 bits per heavy atom. The van der Waals surface area contributed by atoms with Crippen LogP contribution in [-0.4, -0.2) is 58.4 Å². The van der Waals surface area contributed by atoms with E-state index in [1.807, 2.05) is 19.9 Å². The highest BCUT2D eigenvalue weighted by atomic mass is 16.7. The van der Waals surface area contributed by atoms with Crippen molar-refractivity contribution >= 4 is 5.78 Å². The van der Waals surface area contributed by atoms with Crippen LogP contribution in [0, 0.1) is 22.7 Å². The molecule has 0 unspecified atom stereocenters. The van der Waals surface area contributed by atoms with Gasteiger partial charge in [0.1, 0.15) is 18.3 Å². The molecule has 4 aliphatic rings. The molecule has 3 N–H and O–H groups in total. The summed E-state index contributed by atoms with van der Waals surface area (Å²) in [5.74, 6) is 0.415. The summed E-state index contributed by atoms with van der Waals surface area (Å²) < 4.78 is 12.1. The van der Waals surface area contributed by atoms with E-state index in [0.717, 1.165) is 31.3 Å². The van der Waals surface area contributed by atoms with Crippen LogP contribution in [0.4, 0.5) is 0 Å². The maximum Gasteiger partial charge on any atom is 0.186 e. The molecule has 0 aromatic heterocycles. The molecule has 6 nitrogen and oxygen atoms in total. The SMILES string of the molecule is CC(C)C(=O)C1=CC=C2C3=C(C(C)C)CC[C@]3(C)CC[C@@]2(C)[C@@H](O[C@@H]2OC[C@@H](O)[C@H](O)[C@H]2O)C1. The van der Waals surface area contributed by atoms with E-state index in [1.54, 1.807) is 0 Å². The maximum atomic E-state index is 13.1. The molecule has 0 bridgehead atoms. The molecule has 190 valence electrons. The van der Waals surface area contributed by atoms with E-state index in [2.05, 4.69) is 33.8 Å². The Balaban J connectivity index is 1.78. The zero-order chi connectivity index (χ0) is 25.0. The second-order valence-electron chi connectivity index (χ2n) is 11.9. The Bertz CT molecular complexity index is 914. The molecular formula is C28H42O6. The van der Waals surface area contributed by atoms with Crippen molar-refractivity contribution in [1.29, 1.82) is 0 Å². The number of aliphatic hydroxyl groups is 3. The average Bonchev–Trinajstić information content (AvgIpc) is 3.06. The lowest BCUT2D eigenvalue weighted by atomic mass is 9.57. The highest BCUT2D eigenvalue weighted by Crippen LogP contribution is 2.62. The number of hydrogen-bond donors (Lipinski definition) is 3. The van der Waals surface area contributed by atoms with Crippen LogP contribution in [0.2, 0.25) is 0 Å². The normalized spacial score (nSPS) is 40.6. The van der Waals surface area contributed by atoms with E-state index in [4.69, 9.17) is 9.47 Å². The van der Waals surface area contributed by atoms with Crippen LogP contribution in [0.25, 0.3) is 0 Å². The number of carbonyl (C=O) groups is 1. The van der Waals surface area contributed by atoms with Gasteiger partial charge in [-0.25, -0.2) is 0 Å². The van der Waals surface area contributed by atoms with Crippen LogP contribution >= 0.6 is 0 Å². The second-order valence-corrected chi connectivity index (χ2v) is 11.9. The molecule has 1 saturated heterocycles. The molecule has 0 radical (unpaired) electrons. The monoisotopic (exact) mass is 474 g/mol. The molecule has 0 spiro atoms. The summed E-state index contributed by atoms with van der Waals surface area (Å²) in [5.41, 5.74) is 4.64. The Morgan fingerprint density at radius 1 is 1.06 bits per heavy atom. The number of Topliss-reactive ketones (excluding diaryl/α,β-unsaturated/α-hetero) is 1. The molecule has 1 aliphatic heterocycles. The molecule has 1 saturated carbocycles. The fraction of sp³-hybridized carbons (Fsp3) is 0.750. The van der Waals surface area contributed by atoms with Gasteiger partial charge in [0, 0.05) is 17.8 Å². The van der Waals surface area contributed by atoms with E-state index < -0.39 is 30.7 Å². The topological polar surface area (TPSA) is 96.2 Å². The molecule has 0 aromatic rings. The molecule has 7 atom stereocenters. The number of allylic oxidation sites excluding steroid dienone is 4. The van der Waals surface area contributed by atoms with Crippen LogP contribution in [0.1, 0.15) is 73.6 Å². The van der Waals surface area contributed by atoms with Gasteiger partial charge in [-0.2, -0.15) is 0 Å². The standard InChI is InChI=1S/C28H42O6/c1-15(2)18-9-10-27(5)11-12-28(6)19(22(18)27)8-7-17(23(30)16(3)4)13-21(28)34-26-25(32)24(31)20(29)14-33-26/h7-8,15-16,20-21,24-26,29,31-32H,9-14H2,1-6H3/t20-,21+,24+,25-,26+,27-,28-/m1/s1. The van der Waals surface area contributed by atoms with Crippen molar-refractivity contribution in [3.05, 3.63) is 34.4 Å². The zero-order valence-electron chi connectivity index (χ0n) is 21.5. The van der Waals surface area contributed by atoms with E-state index in [9.17, 15) is 20.1 Å².